The van der Waals surface area contributed by atoms with Gasteiger partial charge in [-0.1, -0.05) is 5.16 Å². The Morgan fingerprint density at radius 2 is 2.11 bits per heavy atom. The van der Waals surface area contributed by atoms with Crippen molar-refractivity contribution < 1.29 is 4.52 Å². The van der Waals surface area contributed by atoms with Gasteiger partial charge < -0.3 is 0 Å². The number of nitrogens with one attached hydrogen (secondary N) is 1. The van der Waals surface area contributed by atoms with Crippen LogP contribution in [0, 0.1) is 0 Å². The van der Waals surface area contributed by atoms with Gasteiger partial charge in [0.25, 0.3) is 0 Å². The van der Waals surface area contributed by atoms with Crippen molar-refractivity contribution in [1.82, 2.24) is 25.1 Å². The molecule has 0 unspecified atom stereocenters. The molecule has 88 valence electrons. The molecule has 0 fully saturated rings. The highest BCUT2D eigenvalue weighted by Crippen LogP contribution is 2.18. The van der Waals surface area contributed by atoms with Gasteiger partial charge in [-0.05, 0) is 18.2 Å². The predicted octanol–water partition coefficient (Wildman–Crippen LogP) is 0.882. The number of hydrogen-bond acceptors (Lipinski definition) is 6. The maximum Gasteiger partial charge on any atom is 0.439 e. The van der Waals surface area contributed by atoms with E-state index in [1.54, 1.807) is 18.5 Å². The summed E-state index contributed by atoms with van der Waals surface area (Å²) in [5, 5.41) is 3.57. The Balaban J connectivity index is 2.07. The number of aromatic nitrogens is 5. The Hall–Kier alpha value is -2.83. The standard InChI is InChI=1S/C11H7N5O2/c17-11-15-10(16-18-11)9-4-8(13-6-14-9)7-2-1-3-12-5-7/h1-6H,(H,15,16,17). The predicted molar refractivity (Wildman–Crippen MR) is 61.4 cm³/mol. The van der Waals surface area contributed by atoms with E-state index in [1.807, 2.05) is 12.1 Å². The lowest BCUT2D eigenvalue weighted by molar-refractivity contribution is 0.387. The van der Waals surface area contributed by atoms with Crippen molar-refractivity contribution in [3.63, 3.8) is 0 Å². The summed E-state index contributed by atoms with van der Waals surface area (Å²) in [7, 11) is 0. The van der Waals surface area contributed by atoms with Crippen LogP contribution in [0.25, 0.3) is 22.8 Å². The molecule has 3 aromatic heterocycles. The summed E-state index contributed by atoms with van der Waals surface area (Å²) in [6.07, 6.45) is 4.77. The van der Waals surface area contributed by atoms with Gasteiger partial charge in [0, 0.05) is 18.0 Å². The maximum absolute atomic E-state index is 10.9. The fraction of sp³-hybridized carbons (Fsp3) is 0. The number of hydrogen-bond donors (Lipinski definition) is 1. The summed E-state index contributed by atoms with van der Waals surface area (Å²) in [5.74, 6) is -0.348. The quantitative estimate of drug-likeness (QED) is 0.715. The molecule has 0 saturated heterocycles. The first kappa shape index (κ1) is 10.3. The van der Waals surface area contributed by atoms with Crippen molar-refractivity contribution in [2.75, 3.05) is 0 Å². The van der Waals surface area contributed by atoms with Crippen molar-refractivity contribution in [2.45, 2.75) is 0 Å². The largest absolute Gasteiger partial charge is 0.439 e. The Labute approximate surface area is 101 Å². The fourth-order valence-electron chi connectivity index (χ4n) is 1.50. The van der Waals surface area contributed by atoms with Gasteiger partial charge >= 0.3 is 5.76 Å². The average Bonchev–Trinajstić information content (AvgIpc) is 2.87. The van der Waals surface area contributed by atoms with Crippen molar-refractivity contribution in [2.24, 2.45) is 0 Å². The molecule has 0 aliphatic heterocycles. The van der Waals surface area contributed by atoms with Gasteiger partial charge in [0.2, 0.25) is 5.82 Å². The van der Waals surface area contributed by atoms with Gasteiger partial charge in [-0.15, -0.1) is 0 Å². The van der Waals surface area contributed by atoms with Gasteiger partial charge in [0.05, 0.1) is 5.69 Å². The van der Waals surface area contributed by atoms with Crippen LogP contribution in [0.4, 0.5) is 0 Å². The SMILES string of the molecule is O=c1[nH]c(-c2cc(-c3cccnc3)ncn2)no1. The Morgan fingerprint density at radius 1 is 1.22 bits per heavy atom. The van der Waals surface area contributed by atoms with Crippen molar-refractivity contribution in [3.05, 3.63) is 47.5 Å². The van der Waals surface area contributed by atoms with E-state index in [1.165, 1.54) is 6.33 Å². The smallest absolute Gasteiger partial charge is 0.296 e. The molecule has 3 heterocycles. The lowest BCUT2D eigenvalue weighted by atomic mass is 10.2. The number of aromatic amines is 1. The topological polar surface area (TPSA) is 97.6 Å². The zero-order chi connectivity index (χ0) is 12.4. The molecule has 0 bridgehead atoms. The molecule has 3 rings (SSSR count). The summed E-state index contributed by atoms with van der Waals surface area (Å²) in [4.78, 5) is 25.5. The van der Waals surface area contributed by atoms with E-state index >= 15 is 0 Å². The highest BCUT2D eigenvalue weighted by molar-refractivity contribution is 5.62. The van der Waals surface area contributed by atoms with Gasteiger partial charge in [0.1, 0.15) is 12.0 Å². The minimum atomic E-state index is -0.619. The van der Waals surface area contributed by atoms with Crippen LogP contribution in [0.2, 0.25) is 0 Å². The molecule has 0 aliphatic carbocycles. The maximum atomic E-state index is 10.9. The number of pyridine rings is 1. The second kappa shape index (κ2) is 4.21. The van der Waals surface area contributed by atoms with E-state index in [0.717, 1.165) is 5.56 Å². The highest BCUT2D eigenvalue weighted by atomic mass is 16.5. The van der Waals surface area contributed by atoms with E-state index in [2.05, 4.69) is 29.6 Å². The van der Waals surface area contributed by atoms with Crippen molar-refractivity contribution in [3.8, 4) is 22.8 Å². The number of nitrogens with zero attached hydrogens (tertiary/aromatic N) is 4. The van der Waals surface area contributed by atoms with Crippen LogP contribution in [0.5, 0.6) is 0 Å². The first-order valence-electron chi connectivity index (χ1n) is 5.12. The molecule has 0 atom stereocenters. The summed E-state index contributed by atoms with van der Waals surface area (Å²) in [5.41, 5.74) is 2.03. The van der Waals surface area contributed by atoms with Gasteiger partial charge in [0.15, 0.2) is 0 Å². The molecular weight excluding hydrogens is 234 g/mol. The zero-order valence-corrected chi connectivity index (χ0v) is 9.07. The minimum absolute atomic E-state index is 0.271. The van der Waals surface area contributed by atoms with Crippen LogP contribution in [-0.4, -0.2) is 25.1 Å². The molecule has 18 heavy (non-hydrogen) atoms. The van der Waals surface area contributed by atoms with Gasteiger partial charge in [-0.2, -0.15) is 0 Å². The van der Waals surface area contributed by atoms with Crippen LogP contribution >= 0.6 is 0 Å². The average molecular weight is 241 g/mol. The zero-order valence-electron chi connectivity index (χ0n) is 9.07. The molecule has 7 nitrogen and oxygen atoms in total. The first-order valence-corrected chi connectivity index (χ1v) is 5.12. The molecule has 0 saturated carbocycles. The van der Waals surface area contributed by atoms with Crippen LogP contribution in [0.3, 0.4) is 0 Å². The molecule has 0 amide bonds. The fourth-order valence-corrected chi connectivity index (χ4v) is 1.50. The van der Waals surface area contributed by atoms with E-state index in [-0.39, 0.29) is 5.82 Å². The number of H-pyrrole nitrogens is 1. The third kappa shape index (κ3) is 1.88. The Bertz CT molecular complexity index is 719. The molecule has 0 aromatic carbocycles. The lowest BCUT2D eigenvalue weighted by Crippen LogP contribution is -1.96. The third-order valence-corrected chi connectivity index (χ3v) is 2.31. The van der Waals surface area contributed by atoms with Crippen LogP contribution in [0.1, 0.15) is 0 Å². The minimum Gasteiger partial charge on any atom is -0.296 e. The Morgan fingerprint density at radius 3 is 2.83 bits per heavy atom. The summed E-state index contributed by atoms with van der Waals surface area (Å²) in [6, 6.07) is 5.39. The summed E-state index contributed by atoms with van der Waals surface area (Å²) < 4.78 is 4.43. The second-order valence-corrected chi connectivity index (χ2v) is 3.47. The van der Waals surface area contributed by atoms with E-state index in [4.69, 9.17) is 0 Å². The van der Waals surface area contributed by atoms with Gasteiger partial charge in [-0.3, -0.25) is 14.5 Å². The number of rotatable bonds is 2. The van der Waals surface area contributed by atoms with Crippen LogP contribution in [0.15, 0.2) is 46.2 Å². The summed E-state index contributed by atoms with van der Waals surface area (Å²) in [6.45, 7) is 0. The molecule has 0 aliphatic rings. The second-order valence-electron chi connectivity index (χ2n) is 3.47. The third-order valence-electron chi connectivity index (χ3n) is 2.31. The molecular formula is C11H7N5O2. The van der Waals surface area contributed by atoms with E-state index < -0.39 is 5.76 Å². The molecule has 1 N–H and O–H groups in total. The molecule has 3 aromatic rings. The highest BCUT2D eigenvalue weighted by Gasteiger charge is 2.08. The molecule has 0 spiro atoms. The first-order chi connectivity index (χ1) is 8.83. The Kier molecular flexibility index (Phi) is 2.41. The van der Waals surface area contributed by atoms with Gasteiger partial charge in [-0.25, -0.2) is 14.8 Å². The van der Waals surface area contributed by atoms with Crippen molar-refractivity contribution in [1.29, 1.82) is 0 Å². The van der Waals surface area contributed by atoms with Crippen molar-refractivity contribution >= 4 is 0 Å². The van der Waals surface area contributed by atoms with E-state index in [9.17, 15) is 4.79 Å². The van der Waals surface area contributed by atoms with Crippen LogP contribution in [-0.2, 0) is 0 Å². The van der Waals surface area contributed by atoms with Crippen LogP contribution < -0.4 is 5.76 Å². The lowest BCUT2D eigenvalue weighted by Gasteiger charge is -2.00. The molecule has 0 radical (unpaired) electrons. The summed E-state index contributed by atoms with van der Waals surface area (Å²) >= 11 is 0. The monoisotopic (exact) mass is 241 g/mol. The van der Waals surface area contributed by atoms with E-state index in [0.29, 0.717) is 11.4 Å². The molecule has 7 heteroatoms. The normalized spacial score (nSPS) is 10.4.